The molecule has 0 saturated heterocycles. The second-order valence-electron chi connectivity index (χ2n) is 9.00. The maximum Gasteiger partial charge on any atom is 0.270 e. The Kier molecular flexibility index (Phi) is 6.41. The van der Waals surface area contributed by atoms with Crippen LogP contribution in [0.25, 0.3) is 10.8 Å². The highest BCUT2D eigenvalue weighted by molar-refractivity contribution is 5.94. The average Bonchev–Trinajstić information content (AvgIpc) is 3.63. The number of amides is 1. The molecule has 1 amide bonds. The van der Waals surface area contributed by atoms with Crippen LogP contribution in [0.2, 0.25) is 0 Å². The molecule has 4 rings (SSSR count). The van der Waals surface area contributed by atoms with Gasteiger partial charge >= 0.3 is 0 Å². The van der Waals surface area contributed by atoms with E-state index in [4.69, 9.17) is 0 Å². The van der Waals surface area contributed by atoms with Crippen molar-refractivity contribution in [2.45, 2.75) is 45.4 Å². The molecule has 0 aromatic heterocycles. The number of nitrogens with zero attached hydrogens (tertiary/aromatic N) is 2. The van der Waals surface area contributed by atoms with Crippen LogP contribution in [0.1, 0.15) is 44.7 Å². The molecular weight excluding hydrogens is 427 g/mol. The Hall–Kier alpha value is -2.96. The number of carbonyl (C=O) groups excluding carboxylic acids is 1. The SMILES string of the molecule is CNC1=C(C)CCN(C(=O)/C(=C/C2CC2)N(C)C(C)F)[C@@H]1c1ccc2c(F)ccc(F)c2c1. The van der Waals surface area contributed by atoms with Gasteiger partial charge in [0.2, 0.25) is 0 Å². The summed E-state index contributed by atoms with van der Waals surface area (Å²) in [5.41, 5.74) is 2.94. The van der Waals surface area contributed by atoms with Crippen LogP contribution in [0.5, 0.6) is 0 Å². The van der Waals surface area contributed by atoms with Gasteiger partial charge in [-0.2, -0.15) is 0 Å². The van der Waals surface area contributed by atoms with Crippen molar-refractivity contribution in [1.29, 1.82) is 0 Å². The Morgan fingerprint density at radius 2 is 1.85 bits per heavy atom. The number of halogens is 3. The second kappa shape index (κ2) is 9.12. The number of allylic oxidation sites excluding steroid dienone is 1. The molecule has 0 radical (unpaired) electrons. The molecule has 2 atom stereocenters. The van der Waals surface area contributed by atoms with Crippen molar-refractivity contribution in [2.75, 3.05) is 20.6 Å². The van der Waals surface area contributed by atoms with Crippen molar-refractivity contribution < 1.29 is 18.0 Å². The summed E-state index contributed by atoms with van der Waals surface area (Å²) in [5.74, 6) is -0.997. The van der Waals surface area contributed by atoms with E-state index in [2.05, 4.69) is 5.32 Å². The molecule has 176 valence electrons. The largest absolute Gasteiger partial charge is 0.389 e. The van der Waals surface area contributed by atoms with Crippen molar-refractivity contribution in [1.82, 2.24) is 15.1 Å². The Morgan fingerprint density at radius 1 is 1.18 bits per heavy atom. The van der Waals surface area contributed by atoms with Gasteiger partial charge in [-0.25, -0.2) is 13.2 Å². The van der Waals surface area contributed by atoms with Crippen molar-refractivity contribution >= 4 is 16.7 Å². The van der Waals surface area contributed by atoms with Gasteiger partial charge in [0.25, 0.3) is 5.91 Å². The summed E-state index contributed by atoms with van der Waals surface area (Å²) >= 11 is 0. The first-order valence-corrected chi connectivity index (χ1v) is 11.4. The quantitative estimate of drug-likeness (QED) is 0.464. The van der Waals surface area contributed by atoms with Crippen LogP contribution >= 0.6 is 0 Å². The summed E-state index contributed by atoms with van der Waals surface area (Å²) < 4.78 is 43.1. The van der Waals surface area contributed by atoms with E-state index in [9.17, 15) is 18.0 Å². The van der Waals surface area contributed by atoms with E-state index in [1.165, 1.54) is 11.8 Å². The van der Waals surface area contributed by atoms with Crippen LogP contribution in [0, 0.1) is 17.6 Å². The monoisotopic (exact) mass is 457 g/mol. The third-order valence-electron chi connectivity index (χ3n) is 6.70. The number of carbonyl (C=O) groups is 1. The maximum absolute atomic E-state index is 14.6. The lowest BCUT2D eigenvalue weighted by molar-refractivity contribution is -0.131. The highest BCUT2D eigenvalue weighted by Crippen LogP contribution is 2.38. The number of hydrogen-bond acceptors (Lipinski definition) is 3. The van der Waals surface area contributed by atoms with Crippen LogP contribution in [0.15, 0.2) is 53.4 Å². The van der Waals surface area contributed by atoms with Crippen LogP contribution in [0.4, 0.5) is 13.2 Å². The minimum atomic E-state index is -1.32. The fourth-order valence-corrected chi connectivity index (χ4v) is 4.49. The van der Waals surface area contributed by atoms with Gasteiger partial charge in [-0.3, -0.25) is 4.79 Å². The van der Waals surface area contributed by atoms with Crippen LogP contribution in [-0.4, -0.2) is 42.6 Å². The topological polar surface area (TPSA) is 35.6 Å². The fourth-order valence-electron chi connectivity index (χ4n) is 4.49. The molecule has 2 aromatic carbocycles. The first kappa shape index (κ1) is 23.2. The van der Waals surface area contributed by atoms with Gasteiger partial charge in [0.05, 0.1) is 6.04 Å². The highest BCUT2D eigenvalue weighted by Gasteiger charge is 2.36. The number of nitrogens with one attached hydrogen (secondary N) is 1. The van der Waals surface area contributed by atoms with Gasteiger partial charge in [-0.15, -0.1) is 0 Å². The predicted octanol–water partition coefficient (Wildman–Crippen LogP) is 5.43. The van der Waals surface area contributed by atoms with Gasteiger partial charge in [0.1, 0.15) is 17.3 Å². The molecule has 1 heterocycles. The van der Waals surface area contributed by atoms with E-state index in [-0.39, 0.29) is 22.6 Å². The average molecular weight is 458 g/mol. The Morgan fingerprint density at radius 3 is 2.45 bits per heavy atom. The van der Waals surface area contributed by atoms with Crippen molar-refractivity contribution in [3.05, 3.63) is 70.6 Å². The number of likely N-dealkylation sites (N-methyl/N-ethyl adjacent to an activating group) is 2. The molecule has 1 unspecified atom stereocenters. The zero-order chi connectivity index (χ0) is 23.9. The summed E-state index contributed by atoms with van der Waals surface area (Å²) in [6.07, 6.45) is 3.20. The van der Waals surface area contributed by atoms with E-state index >= 15 is 0 Å². The molecule has 1 aliphatic heterocycles. The van der Waals surface area contributed by atoms with Gasteiger partial charge in [-0.1, -0.05) is 23.8 Å². The number of fused-ring (bicyclic) bond motifs is 1. The van der Waals surface area contributed by atoms with Gasteiger partial charge < -0.3 is 15.1 Å². The zero-order valence-electron chi connectivity index (χ0n) is 19.5. The summed E-state index contributed by atoms with van der Waals surface area (Å²) in [5, 5.41) is 3.58. The molecule has 1 aliphatic carbocycles. The molecule has 33 heavy (non-hydrogen) atoms. The minimum Gasteiger partial charge on any atom is -0.389 e. The third kappa shape index (κ3) is 4.45. The Bertz CT molecular complexity index is 1140. The van der Waals surface area contributed by atoms with Gasteiger partial charge in [0, 0.05) is 37.1 Å². The third-order valence-corrected chi connectivity index (χ3v) is 6.70. The van der Waals surface area contributed by atoms with Crippen molar-refractivity contribution in [3.63, 3.8) is 0 Å². The molecule has 7 heteroatoms. The minimum absolute atomic E-state index is 0.168. The Labute approximate surface area is 192 Å². The summed E-state index contributed by atoms with van der Waals surface area (Å²) in [4.78, 5) is 16.9. The lowest BCUT2D eigenvalue weighted by Gasteiger charge is -2.40. The predicted molar refractivity (Wildman–Crippen MR) is 124 cm³/mol. The lowest BCUT2D eigenvalue weighted by atomic mass is 9.91. The molecular formula is C26H30F3N3O. The molecule has 0 spiro atoms. The maximum atomic E-state index is 14.6. The molecule has 4 nitrogen and oxygen atoms in total. The zero-order valence-corrected chi connectivity index (χ0v) is 19.5. The van der Waals surface area contributed by atoms with E-state index in [0.29, 0.717) is 24.2 Å². The molecule has 0 bridgehead atoms. The second-order valence-corrected chi connectivity index (χ2v) is 9.00. The van der Waals surface area contributed by atoms with Gasteiger partial charge in [-0.05, 0) is 62.8 Å². The van der Waals surface area contributed by atoms with Crippen LogP contribution in [-0.2, 0) is 4.79 Å². The summed E-state index contributed by atoms with van der Waals surface area (Å²) in [6, 6.07) is 6.60. The fraction of sp³-hybridized carbons (Fsp3) is 0.423. The molecule has 1 saturated carbocycles. The smallest absolute Gasteiger partial charge is 0.270 e. The summed E-state index contributed by atoms with van der Waals surface area (Å²) in [6.45, 7) is 3.85. The number of rotatable bonds is 6. The molecule has 1 N–H and O–H groups in total. The number of alkyl halides is 1. The van der Waals surface area contributed by atoms with Crippen LogP contribution in [0.3, 0.4) is 0 Å². The van der Waals surface area contributed by atoms with Crippen LogP contribution < -0.4 is 5.32 Å². The normalized spacial score (nSPS) is 20.3. The highest BCUT2D eigenvalue weighted by atomic mass is 19.1. The molecule has 2 aromatic rings. The Balaban J connectivity index is 1.82. The number of hydrogen-bond donors (Lipinski definition) is 1. The first-order chi connectivity index (χ1) is 15.7. The van der Waals surface area contributed by atoms with E-state index < -0.39 is 24.0 Å². The summed E-state index contributed by atoms with van der Waals surface area (Å²) in [7, 11) is 3.38. The van der Waals surface area contributed by atoms with Crippen molar-refractivity contribution in [3.8, 4) is 0 Å². The van der Waals surface area contributed by atoms with E-state index in [0.717, 1.165) is 36.2 Å². The number of benzene rings is 2. The first-order valence-electron chi connectivity index (χ1n) is 11.4. The van der Waals surface area contributed by atoms with Gasteiger partial charge in [0.15, 0.2) is 6.30 Å². The molecule has 1 fully saturated rings. The molecule has 2 aliphatic rings. The van der Waals surface area contributed by atoms with E-state index in [1.54, 1.807) is 37.2 Å². The standard InChI is InChI=1S/C26H30F3N3O/c1-15-11-12-32(26(33)23(13-17-5-6-17)31(4)16(2)27)25(24(15)30-3)18-7-8-19-20(14-18)22(29)10-9-21(19)28/h7-10,13-14,16-17,25,30H,5-6,11-12H2,1-4H3/b23-13-/t16?,25-/m1/s1. The van der Waals surface area contributed by atoms with E-state index in [1.807, 2.05) is 13.0 Å². The van der Waals surface area contributed by atoms with Crippen molar-refractivity contribution in [2.24, 2.45) is 5.92 Å². The lowest BCUT2D eigenvalue weighted by Crippen LogP contribution is -2.45.